The van der Waals surface area contributed by atoms with Gasteiger partial charge in [-0.2, -0.15) is 0 Å². The van der Waals surface area contributed by atoms with Gasteiger partial charge in [0.2, 0.25) is 5.88 Å². The standard InChI is InChI=1S/C12H12N2O2/c1-8-3-9(2)5-10(4-8)16-12-6-11(15)13-7-14-12/h3-7H,1-2H3,(H,13,14,15). The molecule has 82 valence electrons. The van der Waals surface area contributed by atoms with Crippen molar-refractivity contribution in [1.29, 1.82) is 0 Å². The van der Waals surface area contributed by atoms with Crippen LogP contribution < -0.4 is 10.3 Å². The van der Waals surface area contributed by atoms with Gasteiger partial charge in [-0.25, -0.2) is 4.98 Å². The molecule has 0 unspecified atom stereocenters. The zero-order chi connectivity index (χ0) is 11.5. The lowest BCUT2D eigenvalue weighted by molar-refractivity contribution is 0.460. The fourth-order valence-electron chi connectivity index (χ4n) is 1.52. The molecular weight excluding hydrogens is 204 g/mol. The normalized spacial score (nSPS) is 10.1. The van der Waals surface area contributed by atoms with Crippen LogP contribution in [0.5, 0.6) is 11.6 Å². The summed E-state index contributed by atoms with van der Waals surface area (Å²) in [6, 6.07) is 7.17. The number of hydrogen-bond acceptors (Lipinski definition) is 3. The number of rotatable bonds is 2. The van der Waals surface area contributed by atoms with E-state index in [2.05, 4.69) is 16.0 Å². The largest absolute Gasteiger partial charge is 0.439 e. The lowest BCUT2D eigenvalue weighted by Gasteiger charge is -2.05. The molecule has 4 heteroatoms. The van der Waals surface area contributed by atoms with Crippen molar-refractivity contribution in [3.8, 4) is 11.6 Å². The third-order valence-electron chi connectivity index (χ3n) is 2.07. The van der Waals surface area contributed by atoms with Gasteiger partial charge < -0.3 is 9.72 Å². The molecule has 0 atom stereocenters. The van der Waals surface area contributed by atoms with E-state index in [9.17, 15) is 4.79 Å². The summed E-state index contributed by atoms with van der Waals surface area (Å²) in [6.45, 7) is 3.98. The minimum absolute atomic E-state index is 0.227. The second-order valence-electron chi connectivity index (χ2n) is 3.67. The van der Waals surface area contributed by atoms with Gasteiger partial charge in [0, 0.05) is 0 Å². The smallest absolute Gasteiger partial charge is 0.254 e. The Bertz CT molecular complexity index is 541. The van der Waals surface area contributed by atoms with E-state index in [4.69, 9.17) is 4.74 Å². The van der Waals surface area contributed by atoms with Crippen molar-refractivity contribution in [1.82, 2.24) is 9.97 Å². The molecule has 1 N–H and O–H groups in total. The number of benzene rings is 1. The van der Waals surface area contributed by atoms with Crippen molar-refractivity contribution >= 4 is 0 Å². The number of aromatic amines is 1. The Balaban J connectivity index is 2.30. The lowest BCUT2D eigenvalue weighted by Crippen LogP contribution is -2.04. The molecule has 0 fully saturated rings. The predicted molar refractivity (Wildman–Crippen MR) is 60.8 cm³/mol. The van der Waals surface area contributed by atoms with Gasteiger partial charge in [0.15, 0.2) is 0 Å². The van der Waals surface area contributed by atoms with E-state index >= 15 is 0 Å². The number of nitrogens with one attached hydrogen (secondary N) is 1. The molecule has 0 aliphatic rings. The molecule has 16 heavy (non-hydrogen) atoms. The van der Waals surface area contributed by atoms with Crippen molar-refractivity contribution in [2.75, 3.05) is 0 Å². The summed E-state index contributed by atoms with van der Waals surface area (Å²) in [6.07, 6.45) is 1.32. The van der Waals surface area contributed by atoms with Gasteiger partial charge in [-0.1, -0.05) is 6.07 Å². The second-order valence-corrected chi connectivity index (χ2v) is 3.67. The van der Waals surface area contributed by atoms with E-state index in [1.54, 1.807) is 0 Å². The average molecular weight is 216 g/mol. The first-order valence-electron chi connectivity index (χ1n) is 4.94. The zero-order valence-electron chi connectivity index (χ0n) is 9.15. The Kier molecular flexibility index (Phi) is 2.72. The summed E-state index contributed by atoms with van der Waals surface area (Å²) in [5, 5.41) is 0. The van der Waals surface area contributed by atoms with E-state index in [0.717, 1.165) is 11.1 Å². The third-order valence-corrected chi connectivity index (χ3v) is 2.07. The van der Waals surface area contributed by atoms with Crippen molar-refractivity contribution in [2.24, 2.45) is 0 Å². The van der Waals surface area contributed by atoms with Crippen LogP contribution in [0.2, 0.25) is 0 Å². The molecule has 1 aromatic heterocycles. The van der Waals surface area contributed by atoms with Gasteiger partial charge in [-0.3, -0.25) is 4.79 Å². The molecule has 0 radical (unpaired) electrons. The summed E-state index contributed by atoms with van der Waals surface area (Å²) in [5.74, 6) is 0.990. The molecule has 2 rings (SSSR count). The highest BCUT2D eigenvalue weighted by Crippen LogP contribution is 2.20. The van der Waals surface area contributed by atoms with E-state index in [1.165, 1.54) is 12.4 Å². The quantitative estimate of drug-likeness (QED) is 0.837. The van der Waals surface area contributed by atoms with Crippen LogP contribution in [-0.2, 0) is 0 Å². The maximum atomic E-state index is 11.0. The number of hydrogen-bond donors (Lipinski definition) is 1. The topological polar surface area (TPSA) is 55.0 Å². The second kappa shape index (κ2) is 4.18. The van der Waals surface area contributed by atoms with Gasteiger partial charge >= 0.3 is 0 Å². The zero-order valence-corrected chi connectivity index (χ0v) is 9.15. The summed E-state index contributed by atoms with van der Waals surface area (Å²) in [4.78, 5) is 17.4. The van der Waals surface area contributed by atoms with E-state index < -0.39 is 0 Å². The summed E-state index contributed by atoms with van der Waals surface area (Å²) >= 11 is 0. The van der Waals surface area contributed by atoms with E-state index in [-0.39, 0.29) is 5.56 Å². The lowest BCUT2D eigenvalue weighted by atomic mass is 10.1. The van der Waals surface area contributed by atoms with Crippen LogP contribution >= 0.6 is 0 Å². The summed E-state index contributed by atoms with van der Waals surface area (Å²) < 4.78 is 5.49. The highest BCUT2D eigenvalue weighted by molar-refractivity contribution is 5.35. The summed E-state index contributed by atoms with van der Waals surface area (Å²) in [7, 11) is 0. The number of aryl methyl sites for hydroxylation is 2. The molecule has 0 spiro atoms. The molecule has 0 amide bonds. The van der Waals surface area contributed by atoms with Crippen LogP contribution in [-0.4, -0.2) is 9.97 Å². The maximum absolute atomic E-state index is 11.0. The van der Waals surface area contributed by atoms with Gasteiger partial charge in [0.05, 0.1) is 12.4 Å². The minimum Gasteiger partial charge on any atom is -0.439 e. The van der Waals surface area contributed by atoms with E-state index in [0.29, 0.717) is 11.6 Å². The molecule has 0 aliphatic carbocycles. The Morgan fingerprint density at radius 2 is 1.81 bits per heavy atom. The van der Waals surface area contributed by atoms with Crippen LogP contribution in [0.15, 0.2) is 35.4 Å². The van der Waals surface area contributed by atoms with Crippen LogP contribution in [0.4, 0.5) is 0 Å². The van der Waals surface area contributed by atoms with Gasteiger partial charge in [-0.05, 0) is 37.1 Å². The molecule has 0 bridgehead atoms. The highest BCUT2D eigenvalue weighted by atomic mass is 16.5. The van der Waals surface area contributed by atoms with Crippen molar-refractivity contribution in [3.05, 3.63) is 52.1 Å². The van der Waals surface area contributed by atoms with Crippen molar-refractivity contribution in [2.45, 2.75) is 13.8 Å². The van der Waals surface area contributed by atoms with Crippen LogP contribution in [0.25, 0.3) is 0 Å². The fraction of sp³-hybridized carbons (Fsp3) is 0.167. The first-order valence-corrected chi connectivity index (χ1v) is 4.94. The first-order chi connectivity index (χ1) is 7.63. The minimum atomic E-state index is -0.227. The van der Waals surface area contributed by atoms with Crippen LogP contribution in [0, 0.1) is 13.8 Å². The molecule has 4 nitrogen and oxygen atoms in total. The number of nitrogens with zero attached hydrogens (tertiary/aromatic N) is 1. The first kappa shape index (κ1) is 10.4. The molecule has 1 aromatic carbocycles. The Hall–Kier alpha value is -2.10. The molecule has 0 saturated heterocycles. The summed E-state index contributed by atoms with van der Waals surface area (Å²) in [5.41, 5.74) is 1.99. The highest BCUT2D eigenvalue weighted by Gasteiger charge is 2.00. The molecule has 0 aliphatic heterocycles. The van der Waals surface area contributed by atoms with E-state index in [1.807, 2.05) is 26.0 Å². The number of ether oxygens (including phenoxy) is 1. The van der Waals surface area contributed by atoms with Crippen molar-refractivity contribution < 1.29 is 4.74 Å². The third kappa shape index (κ3) is 2.48. The SMILES string of the molecule is Cc1cc(C)cc(Oc2cc(=O)[nH]cn2)c1. The maximum Gasteiger partial charge on any atom is 0.254 e. The fourth-order valence-corrected chi connectivity index (χ4v) is 1.52. The van der Waals surface area contributed by atoms with Gasteiger partial charge in [-0.15, -0.1) is 0 Å². The molecular formula is C12H12N2O2. The van der Waals surface area contributed by atoms with Gasteiger partial charge in [0.25, 0.3) is 5.56 Å². The Labute approximate surface area is 92.9 Å². The predicted octanol–water partition coefficient (Wildman–Crippen LogP) is 2.18. The van der Waals surface area contributed by atoms with Crippen LogP contribution in [0.3, 0.4) is 0 Å². The van der Waals surface area contributed by atoms with Crippen molar-refractivity contribution in [3.63, 3.8) is 0 Å². The molecule has 1 heterocycles. The average Bonchev–Trinajstić information content (AvgIpc) is 2.15. The van der Waals surface area contributed by atoms with Crippen LogP contribution in [0.1, 0.15) is 11.1 Å². The molecule has 0 saturated carbocycles. The Morgan fingerprint density at radius 3 is 2.44 bits per heavy atom. The monoisotopic (exact) mass is 216 g/mol. The Morgan fingerprint density at radius 1 is 1.12 bits per heavy atom. The number of aromatic nitrogens is 2. The number of H-pyrrole nitrogens is 1. The molecule has 2 aromatic rings. The van der Waals surface area contributed by atoms with Gasteiger partial charge in [0.1, 0.15) is 5.75 Å².